The molecule has 37 heavy (non-hydrogen) atoms. The number of amides is 1. The second-order valence-corrected chi connectivity index (χ2v) is 7.37. The fraction of sp³-hybridized carbons (Fsp3) is 0.261. The average Bonchev–Trinajstić information content (AvgIpc) is 3.21. The highest BCUT2D eigenvalue weighted by atomic mass is 19.4. The van der Waals surface area contributed by atoms with Gasteiger partial charge in [-0.1, -0.05) is 12.1 Å². The lowest BCUT2D eigenvalue weighted by atomic mass is 9.98. The Morgan fingerprint density at radius 3 is 2.41 bits per heavy atom. The van der Waals surface area contributed by atoms with Gasteiger partial charge in [0.25, 0.3) is 5.91 Å². The zero-order chi connectivity index (χ0) is 27.3. The third-order valence-electron chi connectivity index (χ3n) is 4.80. The summed E-state index contributed by atoms with van der Waals surface area (Å²) in [5.74, 6) is -5.70. The van der Waals surface area contributed by atoms with Crippen molar-refractivity contribution in [1.29, 1.82) is 0 Å². The Balaban J connectivity index is 1.94. The standard InChI is InChI=1S/C23H18BF5N2O6/c1-2-35-16(32)10-34-9-15(36-14-8-7-13(25)17(18(14)26)21(30)33)22-31-19(20(24)37-22)11-3-5-12(6-4-11)23(27,28)29/h3-8,15H,2,9-10H2,1H3,(H2,30,33). The number of rotatable bonds is 10. The molecule has 0 bridgehead atoms. The fourth-order valence-electron chi connectivity index (χ4n) is 3.12. The number of benzene rings is 2. The molecule has 1 heterocycles. The Morgan fingerprint density at radius 2 is 1.81 bits per heavy atom. The summed E-state index contributed by atoms with van der Waals surface area (Å²) in [4.78, 5) is 27.2. The first-order valence-electron chi connectivity index (χ1n) is 10.5. The number of nitrogens with zero attached hydrogens (tertiary/aromatic N) is 1. The molecule has 0 aliphatic rings. The third-order valence-corrected chi connectivity index (χ3v) is 4.80. The van der Waals surface area contributed by atoms with Crippen LogP contribution >= 0.6 is 0 Å². The second kappa shape index (κ2) is 11.4. The second-order valence-electron chi connectivity index (χ2n) is 7.37. The zero-order valence-electron chi connectivity index (χ0n) is 19.1. The number of nitrogens with two attached hydrogens (primary N) is 1. The van der Waals surface area contributed by atoms with Crippen molar-refractivity contribution in [1.82, 2.24) is 4.98 Å². The number of esters is 1. The molecule has 3 rings (SSSR count). The number of halogens is 5. The summed E-state index contributed by atoms with van der Waals surface area (Å²) in [5.41, 5.74) is 2.86. The van der Waals surface area contributed by atoms with Gasteiger partial charge >= 0.3 is 12.1 Å². The van der Waals surface area contributed by atoms with Crippen LogP contribution in [0.4, 0.5) is 22.0 Å². The number of ether oxygens (including phenoxy) is 3. The molecule has 2 aromatic carbocycles. The van der Waals surface area contributed by atoms with Gasteiger partial charge in [0.05, 0.1) is 24.4 Å². The molecule has 0 spiro atoms. The Hall–Kier alpha value is -3.94. The number of carbonyl (C=O) groups is 2. The summed E-state index contributed by atoms with van der Waals surface area (Å²) in [6.45, 7) is 0.642. The van der Waals surface area contributed by atoms with E-state index in [1.54, 1.807) is 6.92 Å². The van der Waals surface area contributed by atoms with E-state index < -0.39 is 65.9 Å². The number of hydrogen-bond donors (Lipinski definition) is 1. The van der Waals surface area contributed by atoms with Crippen LogP contribution in [0, 0.1) is 11.6 Å². The highest BCUT2D eigenvalue weighted by Crippen LogP contribution is 2.32. The van der Waals surface area contributed by atoms with Crippen molar-refractivity contribution in [3.05, 3.63) is 65.1 Å². The first kappa shape index (κ1) is 27.6. The number of carbonyl (C=O) groups excluding carboxylic acids is 2. The molecule has 0 aliphatic heterocycles. The summed E-state index contributed by atoms with van der Waals surface area (Å²) in [6.07, 6.45) is -5.97. The van der Waals surface area contributed by atoms with Crippen LogP contribution in [-0.2, 0) is 20.4 Å². The van der Waals surface area contributed by atoms with Gasteiger partial charge in [0.1, 0.15) is 23.7 Å². The molecule has 0 fully saturated rings. The molecule has 14 heteroatoms. The summed E-state index contributed by atoms with van der Waals surface area (Å²) in [5, 5.41) is 0. The molecule has 1 unspecified atom stereocenters. The normalized spacial score (nSPS) is 12.3. The summed E-state index contributed by atoms with van der Waals surface area (Å²) >= 11 is 0. The van der Waals surface area contributed by atoms with E-state index in [-0.39, 0.29) is 29.4 Å². The number of alkyl halides is 3. The minimum Gasteiger partial charge on any atom is -0.475 e. The summed E-state index contributed by atoms with van der Waals surface area (Å²) in [6, 6.07) is 5.49. The van der Waals surface area contributed by atoms with Crippen molar-refractivity contribution < 1.29 is 50.2 Å². The summed E-state index contributed by atoms with van der Waals surface area (Å²) in [7, 11) is 5.85. The van der Waals surface area contributed by atoms with Gasteiger partial charge in [0.2, 0.25) is 5.89 Å². The number of aromatic nitrogens is 1. The van der Waals surface area contributed by atoms with Gasteiger partial charge in [0, 0.05) is 5.56 Å². The van der Waals surface area contributed by atoms with Crippen LogP contribution in [0.2, 0.25) is 0 Å². The van der Waals surface area contributed by atoms with Crippen LogP contribution in [0.1, 0.15) is 34.8 Å². The van der Waals surface area contributed by atoms with Crippen molar-refractivity contribution in [2.24, 2.45) is 5.73 Å². The highest BCUT2D eigenvalue weighted by molar-refractivity contribution is 6.33. The molecule has 194 valence electrons. The lowest BCUT2D eigenvalue weighted by molar-refractivity contribution is -0.149. The summed E-state index contributed by atoms with van der Waals surface area (Å²) < 4.78 is 88.1. The Bertz CT molecular complexity index is 1280. The van der Waals surface area contributed by atoms with E-state index in [9.17, 15) is 31.5 Å². The quantitative estimate of drug-likeness (QED) is 0.246. The highest BCUT2D eigenvalue weighted by Gasteiger charge is 2.31. The van der Waals surface area contributed by atoms with Crippen molar-refractivity contribution in [2.75, 3.05) is 19.8 Å². The first-order valence-corrected chi connectivity index (χ1v) is 10.5. The molecular weight excluding hydrogens is 506 g/mol. The van der Waals surface area contributed by atoms with Gasteiger partial charge in [-0.2, -0.15) is 13.2 Å². The van der Waals surface area contributed by atoms with E-state index in [0.717, 1.165) is 36.4 Å². The van der Waals surface area contributed by atoms with E-state index >= 15 is 0 Å². The zero-order valence-corrected chi connectivity index (χ0v) is 19.1. The fourth-order valence-corrected chi connectivity index (χ4v) is 3.12. The molecule has 1 amide bonds. The van der Waals surface area contributed by atoms with Crippen LogP contribution in [0.25, 0.3) is 11.3 Å². The van der Waals surface area contributed by atoms with Gasteiger partial charge in [-0.25, -0.2) is 18.6 Å². The molecule has 0 saturated carbocycles. The molecule has 2 N–H and O–H groups in total. The minimum atomic E-state index is -4.56. The minimum absolute atomic E-state index is 0.0554. The third kappa shape index (κ3) is 6.64. The van der Waals surface area contributed by atoms with Crippen molar-refractivity contribution in [3.8, 4) is 17.0 Å². The van der Waals surface area contributed by atoms with E-state index in [2.05, 4.69) is 4.98 Å². The van der Waals surface area contributed by atoms with Crippen LogP contribution in [0.5, 0.6) is 5.75 Å². The topological polar surface area (TPSA) is 114 Å². The smallest absolute Gasteiger partial charge is 0.416 e. The average molecular weight is 524 g/mol. The molecule has 8 nitrogen and oxygen atoms in total. The largest absolute Gasteiger partial charge is 0.475 e. The van der Waals surface area contributed by atoms with Crippen LogP contribution in [0.15, 0.2) is 40.8 Å². The number of hydrogen-bond acceptors (Lipinski definition) is 7. The monoisotopic (exact) mass is 524 g/mol. The van der Waals surface area contributed by atoms with E-state index in [4.69, 9.17) is 32.2 Å². The molecule has 3 aromatic rings. The molecular formula is C23H18BF5N2O6. The van der Waals surface area contributed by atoms with Gasteiger partial charge in [-0.15, -0.1) is 0 Å². The van der Waals surface area contributed by atoms with Crippen LogP contribution < -0.4 is 16.1 Å². The SMILES string of the molecule is [B]c1oc(C(COCC(=O)OCC)Oc2ccc(F)c(C(N)=O)c2F)nc1-c1ccc(C(F)(F)F)cc1. The van der Waals surface area contributed by atoms with Gasteiger partial charge in [0.15, 0.2) is 25.5 Å². The molecule has 2 radical (unpaired) electrons. The Labute approximate surface area is 207 Å². The van der Waals surface area contributed by atoms with Gasteiger partial charge in [-0.3, -0.25) is 4.79 Å². The maximum absolute atomic E-state index is 14.7. The number of primary amides is 1. The van der Waals surface area contributed by atoms with E-state index in [0.29, 0.717) is 0 Å². The molecule has 1 atom stereocenters. The molecule has 0 saturated heterocycles. The Morgan fingerprint density at radius 1 is 1.14 bits per heavy atom. The van der Waals surface area contributed by atoms with Crippen LogP contribution in [0.3, 0.4) is 0 Å². The maximum Gasteiger partial charge on any atom is 0.416 e. The predicted octanol–water partition coefficient (Wildman–Crippen LogP) is 3.23. The lowest BCUT2D eigenvalue weighted by Gasteiger charge is -2.17. The molecule has 0 aliphatic carbocycles. The Kier molecular flexibility index (Phi) is 8.53. The number of oxazole rings is 1. The predicted molar refractivity (Wildman–Crippen MR) is 118 cm³/mol. The van der Waals surface area contributed by atoms with Crippen molar-refractivity contribution in [2.45, 2.75) is 19.2 Å². The lowest BCUT2D eigenvalue weighted by Crippen LogP contribution is -2.21. The van der Waals surface area contributed by atoms with Gasteiger partial charge in [-0.05, 0) is 31.2 Å². The van der Waals surface area contributed by atoms with Crippen molar-refractivity contribution >= 4 is 25.4 Å². The van der Waals surface area contributed by atoms with E-state index in [1.165, 1.54) is 0 Å². The van der Waals surface area contributed by atoms with Crippen molar-refractivity contribution in [3.63, 3.8) is 0 Å². The van der Waals surface area contributed by atoms with Gasteiger partial charge < -0.3 is 24.4 Å². The molecule has 1 aromatic heterocycles. The van der Waals surface area contributed by atoms with E-state index in [1.807, 2.05) is 0 Å². The van der Waals surface area contributed by atoms with Crippen LogP contribution in [-0.4, -0.2) is 44.5 Å². The maximum atomic E-state index is 14.7. The first-order chi connectivity index (χ1) is 17.4.